The van der Waals surface area contributed by atoms with Gasteiger partial charge in [0, 0.05) is 31.0 Å². The third-order valence-electron chi connectivity index (χ3n) is 3.31. The predicted molar refractivity (Wildman–Crippen MR) is 59.9 cm³/mol. The fourth-order valence-corrected chi connectivity index (χ4v) is 1.77. The van der Waals surface area contributed by atoms with Crippen molar-refractivity contribution < 1.29 is 49.0 Å². The van der Waals surface area contributed by atoms with Gasteiger partial charge in [0.15, 0.2) is 0 Å². The van der Waals surface area contributed by atoms with Crippen LogP contribution in [-0.4, -0.2) is 31.1 Å². The largest absolute Gasteiger partial charge is 1.00 e. The zero-order chi connectivity index (χ0) is 12.8. The van der Waals surface area contributed by atoms with Crippen molar-refractivity contribution in [2.24, 2.45) is 11.8 Å². The molecule has 0 aliphatic carbocycles. The van der Waals surface area contributed by atoms with Gasteiger partial charge in [-0.25, -0.2) is 0 Å². The van der Waals surface area contributed by atoms with E-state index in [2.05, 4.69) is 5.32 Å². The van der Waals surface area contributed by atoms with Crippen molar-refractivity contribution in [2.45, 2.75) is 39.2 Å². The molecule has 1 aliphatic heterocycles. The van der Waals surface area contributed by atoms with Crippen LogP contribution in [0.25, 0.3) is 0 Å². The van der Waals surface area contributed by atoms with Crippen LogP contribution in [-0.2, 0) is 14.3 Å². The molecule has 0 radical (unpaired) electrons. The Morgan fingerprint density at radius 1 is 1.33 bits per heavy atom. The number of ether oxygens (including phenoxy) is 1. The second-order valence-electron chi connectivity index (χ2n) is 4.63. The molecule has 0 aromatic heterocycles. The number of rotatable bonds is 5. The van der Waals surface area contributed by atoms with Crippen molar-refractivity contribution in [3.8, 4) is 0 Å². The van der Waals surface area contributed by atoms with E-state index >= 15 is 0 Å². The van der Waals surface area contributed by atoms with Crippen molar-refractivity contribution in [2.75, 3.05) is 13.2 Å². The molecule has 1 fully saturated rings. The van der Waals surface area contributed by atoms with Gasteiger partial charge < -0.3 is 20.0 Å². The minimum Gasteiger partial charge on any atom is -0.550 e. The third-order valence-corrected chi connectivity index (χ3v) is 3.31. The van der Waals surface area contributed by atoms with Gasteiger partial charge in [-0.05, 0) is 19.3 Å². The molecular formula is C12H20NNaO4. The van der Waals surface area contributed by atoms with Gasteiger partial charge in [0.1, 0.15) is 0 Å². The summed E-state index contributed by atoms with van der Waals surface area (Å²) in [6.45, 7) is 4.28. The summed E-state index contributed by atoms with van der Waals surface area (Å²) in [5.41, 5.74) is 0. The van der Waals surface area contributed by atoms with Crippen LogP contribution >= 0.6 is 0 Å². The van der Waals surface area contributed by atoms with Crippen molar-refractivity contribution >= 4 is 11.9 Å². The van der Waals surface area contributed by atoms with Crippen molar-refractivity contribution in [1.82, 2.24) is 5.32 Å². The standard InChI is InChI=1S/C12H21NO4.Na/c1-8(9(2)12(15)16)11(14)13-7-10-5-3-4-6-17-10;/h8-10H,3-7H2,1-2H3,(H,13,14)(H,15,16);/q;+1/p-1. The summed E-state index contributed by atoms with van der Waals surface area (Å²) < 4.78 is 5.47. The van der Waals surface area contributed by atoms with Crippen LogP contribution < -0.4 is 40.0 Å². The zero-order valence-electron chi connectivity index (χ0n) is 11.4. The number of carboxylic acids is 1. The molecule has 0 bridgehead atoms. The molecule has 98 valence electrons. The number of nitrogens with one attached hydrogen (secondary N) is 1. The van der Waals surface area contributed by atoms with Crippen LogP contribution in [0.1, 0.15) is 33.1 Å². The molecule has 1 saturated heterocycles. The molecule has 1 heterocycles. The molecule has 0 spiro atoms. The Kier molecular flexibility index (Phi) is 8.86. The summed E-state index contributed by atoms with van der Waals surface area (Å²) in [4.78, 5) is 22.3. The summed E-state index contributed by atoms with van der Waals surface area (Å²) in [5, 5.41) is 13.4. The molecule has 1 rings (SSSR count). The third kappa shape index (κ3) is 5.69. The number of carbonyl (C=O) groups is 2. The Morgan fingerprint density at radius 2 is 2.00 bits per heavy atom. The minimum absolute atomic E-state index is 0. The zero-order valence-corrected chi connectivity index (χ0v) is 13.4. The van der Waals surface area contributed by atoms with Crippen molar-refractivity contribution in [3.05, 3.63) is 0 Å². The van der Waals surface area contributed by atoms with Crippen LogP contribution in [0.15, 0.2) is 0 Å². The smallest absolute Gasteiger partial charge is 0.550 e. The van der Waals surface area contributed by atoms with E-state index in [-0.39, 0.29) is 41.6 Å². The van der Waals surface area contributed by atoms with Gasteiger partial charge in [-0.3, -0.25) is 4.79 Å². The predicted octanol–water partition coefficient (Wildman–Crippen LogP) is -3.30. The van der Waals surface area contributed by atoms with Gasteiger partial charge in [-0.2, -0.15) is 0 Å². The van der Waals surface area contributed by atoms with E-state index in [1.165, 1.54) is 6.92 Å². The average Bonchev–Trinajstić information content (AvgIpc) is 2.35. The van der Waals surface area contributed by atoms with Crippen LogP contribution in [0.4, 0.5) is 0 Å². The summed E-state index contributed by atoms with van der Waals surface area (Å²) in [6.07, 6.45) is 3.21. The van der Waals surface area contributed by atoms with E-state index < -0.39 is 17.8 Å². The second-order valence-corrected chi connectivity index (χ2v) is 4.63. The maximum absolute atomic E-state index is 11.7. The summed E-state index contributed by atoms with van der Waals surface area (Å²) in [6, 6.07) is 0. The molecule has 5 nitrogen and oxygen atoms in total. The van der Waals surface area contributed by atoms with Gasteiger partial charge in [0.25, 0.3) is 0 Å². The number of hydrogen-bond acceptors (Lipinski definition) is 4. The average molecular weight is 265 g/mol. The van der Waals surface area contributed by atoms with E-state index in [4.69, 9.17) is 4.74 Å². The summed E-state index contributed by atoms with van der Waals surface area (Å²) in [5.74, 6) is -2.80. The topological polar surface area (TPSA) is 78.5 Å². The van der Waals surface area contributed by atoms with Gasteiger partial charge in [-0.1, -0.05) is 13.8 Å². The molecule has 3 unspecified atom stereocenters. The summed E-state index contributed by atoms with van der Waals surface area (Å²) in [7, 11) is 0. The fraction of sp³-hybridized carbons (Fsp3) is 0.833. The summed E-state index contributed by atoms with van der Waals surface area (Å²) >= 11 is 0. The Morgan fingerprint density at radius 3 is 2.50 bits per heavy atom. The van der Waals surface area contributed by atoms with Gasteiger partial charge >= 0.3 is 29.6 Å². The maximum atomic E-state index is 11.7. The normalized spacial score (nSPS) is 22.4. The Balaban J connectivity index is 0.00000289. The van der Waals surface area contributed by atoms with Crippen LogP contribution in [0.3, 0.4) is 0 Å². The van der Waals surface area contributed by atoms with Crippen LogP contribution in [0, 0.1) is 11.8 Å². The first-order chi connectivity index (χ1) is 8.02. The van der Waals surface area contributed by atoms with Crippen molar-refractivity contribution in [3.63, 3.8) is 0 Å². The van der Waals surface area contributed by atoms with Crippen molar-refractivity contribution in [1.29, 1.82) is 0 Å². The Bertz CT molecular complexity index is 279. The number of carbonyl (C=O) groups excluding carboxylic acids is 2. The molecule has 0 saturated carbocycles. The fourth-order valence-electron chi connectivity index (χ4n) is 1.77. The number of aliphatic carboxylic acids is 1. The number of amides is 1. The molecule has 1 amide bonds. The molecule has 0 aromatic rings. The van der Waals surface area contributed by atoms with E-state index in [0.717, 1.165) is 25.9 Å². The first-order valence-electron chi connectivity index (χ1n) is 6.12. The van der Waals surface area contributed by atoms with E-state index in [0.29, 0.717) is 6.54 Å². The Labute approximate surface area is 130 Å². The first-order valence-corrected chi connectivity index (χ1v) is 6.12. The monoisotopic (exact) mass is 265 g/mol. The molecule has 3 atom stereocenters. The molecule has 1 N–H and O–H groups in total. The number of carboxylic acid groups (broad SMARTS) is 1. The van der Waals surface area contributed by atoms with E-state index in [1.54, 1.807) is 6.92 Å². The van der Waals surface area contributed by atoms with Gasteiger partial charge in [0.2, 0.25) is 5.91 Å². The quantitative estimate of drug-likeness (QED) is 0.528. The van der Waals surface area contributed by atoms with E-state index in [1.807, 2.05) is 0 Å². The first kappa shape index (κ1) is 17.9. The SMILES string of the molecule is CC(C(=O)[O-])C(C)C(=O)NCC1CCCCO1.[Na+]. The minimum atomic E-state index is -1.19. The van der Waals surface area contributed by atoms with Crippen LogP contribution in [0.5, 0.6) is 0 Å². The van der Waals surface area contributed by atoms with Crippen LogP contribution in [0.2, 0.25) is 0 Å². The molecule has 18 heavy (non-hydrogen) atoms. The molecule has 0 aromatic carbocycles. The van der Waals surface area contributed by atoms with Gasteiger partial charge in [0.05, 0.1) is 6.10 Å². The molecule has 1 aliphatic rings. The molecule has 6 heteroatoms. The van der Waals surface area contributed by atoms with Gasteiger partial charge in [-0.15, -0.1) is 0 Å². The number of hydrogen-bond donors (Lipinski definition) is 1. The second kappa shape index (κ2) is 8.91. The van der Waals surface area contributed by atoms with E-state index in [9.17, 15) is 14.7 Å². The maximum Gasteiger partial charge on any atom is 1.00 e. The molecular weight excluding hydrogens is 245 g/mol. The Hall–Kier alpha value is -0.100.